The summed E-state index contributed by atoms with van der Waals surface area (Å²) in [5, 5.41) is 6.59. The van der Waals surface area contributed by atoms with Gasteiger partial charge in [0.25, 0.3) is 0 Å². The molecule has 1 heterocycles. The Bertz CT molecular complexity index is 554. The number of hydrogen-bond donors (Lipinski definition) is 2. The highest BCUT2D eigenvalue weighted by Crippen LogP contribution is 2.10. The fourth-order valence-electron chi connectivity index (χ4n) is 1.92. The second-order valence-electron chi connectivity index (χ2n) is 5.29. The van der Waals surface area contributed by atoms with E-state index in [1.165, 1.54) is 5.56 Å². The summed E-state index contributed by atoms with van der Waals surface area (Å²) in [5.74, 6) is 1.52. The Labute approximate surface area is 126 Å². The van der Waals surface area contributed by atoms with Gasteiger partial charge in [-0.15, -0.1) is 0 Å². The van der Waals surface area contributed by atoms with Crippen molar-refractivity contribution in [2.45, 2.75) is 13.5 Å². The third-order valence-electron chi connectivity index (χ3n) is 3.01. The van der Waals surface area contributed by atoms with Gasteiger partial charge in [-0.25, -0.2) is 4.98 Å². The van der Waals surface area contributed by atoms with Crippen LogP contribution in [0, 0.1) is 6.92 Å². The minimum atomic E-state index is 0.659. The molecule has 0 bridgehead atoms. The Morgan fingerprint density at radius 3 is 2.52 bits per heavy atom. The van der Waals surface area contributed by atoms with Gasteiger partial charge in [0.05, 0.1) is 0 Å². The molecule has 0 unspecified atom stereocenters. The minimum Gasteiger partial charge on any atom is -0.369 e. The van der Waals surface area contributed by atoms with Gasteiger partial charge >= 0.3 is 0 Å². The van der Waals surface area contributed by atoms with E-state index < -0.39 is 0 Å². The van der Waals surface area contributed by atoms with E-state index in [0.29, 0.717) is 5.95 Å². The number of aromatic nitrogens is 2. The minimum absolute atomic E-state index is 0.659. The first-order valence-electron chi connectivity index (χ1n) is 7.15. The molecule has 0 aliphatic heterocycles. The number of aryl methyl sites for hydroxylation is 1. The van der Waals surface area contributed by atoms with Gasteiger partial charge in [0.1, 0.15) is 5.82 Å². The number of nitrogens with zero attached hydrogens (tertiary/aromatic N) is 3. The quantitative estimate of drug-likeness (QED) is 0.818. The molecule has 0 fully saturated rings. The zero-order chi connectivity index (χ0) is 15.1. The van der Waals surface area contributed by atoms with Crippen molar-refractivity contribution in [1.29, 1.82) is 0 Å². The molecule has 0 atom stereocenters. The van der Waals surface area contributed by atoms with Crippen LogP contribution in [0.5, 0.6) is 0 Å². The van der Waals surface area contributed by atoms with Gasteiger partial charge in [-0.2, -0.15) is 4.98 Å². The molecular formula is C16H23N5. The molecule has 2 rings (SSSR count). The first kappa shape index (κ1) is 15.3. The summed E-state index contributed by atoms with van der Waals surface area (Å²) < 4.78 is 0. The van der Waals surface area contributed by atoms with Gasteiger partial charge in [0, 0.05) is 31.4 Å². The highest BCUT2D eigenvalue weighted by atomic mass is 15.2. The van der Waals surface area contributed by atoms with Gasteiger partial charge in [-0.1, -0.05) is 30.3 Å². The summed E-state index contributed by atoms with van der Waals surface area (Å²) in [7, 11) is 4.11. The number of hydrogen-bond acceptors (Lipinski definition) is 5. The molecule has 1 aromatic carbocycles. The van der Waals surface area contributed by atoms with Crippen LogP contribution in [0.2, 0.25) is 0 Å². The molecule has 0 spiro atoms. The maximum Gasteiger partial charge on any atom is 0.225 e. The molecule has 2 N–H and O–H groups in total. The van der Waals surface area contributed by atoms with Gasteiger partial charge in [0.15, 0.2) is 0 Å². The molecule has 0 amide bonds. The molecule has 1 aromatic heterocycles. The number of nitrogens with one attached hydrogen (secondary N) is 2. The average Bonchev–Trinajstić information content (AvgIpc) is 2.45. The van der Waals surface area contributed by atoms with Crippen molar-refractivity contribution in [3.8, 4) is 0 Å². The lowest BCUT2D eigenvalue weighted by molar-refractivity contribution is 0.425. The van der Waals surface area contributed by atoms with E-state index in [9.17, 15) is 0 Å². The molecule has 112 valence electrons. The molecule has 0 radical (unpaired) electrons. The molecule has 2 aromatic rings. The van der Waals surface area contributed by atoms with E-state index in [1.807, 2.05) is 31.2 Å². The lowest BCUT2D eigenvalue weighted by Crippen LogP contribution is -2.21. The van der Waals surface area contributed by atoms with Crippen LogP contribution in [0.1, 0.15) is 11.3 Å². The normalized spacial score (nSPS) is 10.7. The maximum atomic E-state index is 4.49. The third-order valence-corrected chi connectivity index (χ3v) is 3.01. The van der Waals surface area contributed by atoms with Gasteiger partial charge in [-0.3, -0.25) is 0 Å². The van der Waals surface area contributed by atoms with E-state index in [1.54, 1.807) is 0 Å². The topological polar surface area (TPSA) is 53.1 Å². The van der Waals surface area contributed by atoms with Crippen LogP contribution in [0.25, 0.3) is 0 Å². The third kappa shape index (κ3) is 5.39. The summed E-state index contributed by atoms with van der Waals surface area (Å²) in [6, 6.07) is 12.2. The highest BCUT2D eigenvalue weighted by Gasteiger charge is 2.02. The van der Waals surface area contributed by atoms with Crippen LogP contribution < -0.4 is 10.6 Å². The first-order valence-corrected chi connectivity index (χ1v) is 7.15. The summed E-state index contributed by atoms with van der Waals surface area (Å²) in [6.45, 7) is 4.53. The number of rotatable bonds is 7. The highest BCUT2D eigenvalue weighted by molar-refractivity contribution is 5.42. The van der Waals surface area contributed by atoms with Gasteiger partial charge in [-0.05, 0) is 26.6 Å². The van der Waals surface area contributed by atoms with E-state index in [0.717, 1.165) is 31.1 Å². The standard InChI is InChI=1S/C16H23N5/c1-13-11-15(17-9-10-21(2)3)20-16(19-13)18-12-14-7-5-4-6-8-14/h4-8,11H,9-10,12H2,1-3H3,(H2,17,18,19,20). The molecule has 0 saturated carbocycles. The molecule has 0 aliphatic rings. The predicted octanol–water partition coefficient (Wildman–Crippen LogP) is 2.37. The SMILES string of the molecule is Cc1cc(NCCN(C)C)nc(NCc2ccccc2)n1. The van der Waals surface area contributed by atoms with Crippen molar-refractivity contribution in [2.75, 3.05) is 37.8 Å². The molecule has 5 heteroatoms. The number of anilines is 2. The fourth-order valence-corrected chi connectivity index (χ4v) is 1.92. The molecular weight excluding hydrogens is 262 g/mol. The van der Waals surface area contributed by atoms with Crippen LogP contribution >= 0.6 is 0 Å². The second kappa shape index (κ2) is 7.59. The average molecular weight is 285 g/mol. The Morgan fingerprint density at radius 1 is 1.05 bits per heavy atom. The lowest BCUT2D eigenvalue weighted by atomic mass is 10.2. The Morgan fingerprint density at radius 2 is 1.81 bits per heavy atom. The summed E-state index contributed by atoms with van der Waals surface area (Å²) >= 11 is 0. The summed E-state index contributed by atoms with van der Waals surface area (Å²) in [6.07, 6.45) is 0. The Kier molecular flexibility index (Phi) is 5.51. The second-order valence-corrected chi connectivity index (χ2v) is 5.29. The van der Waals surface area contributed by atoms with Crippen molar-refractivity contribution in [3.63, 3.8) is 0 Å². The fraction of sp³-hybridized carbons (Fsp3) is 0.375. The van der Waals surface area contributed by atoms with Gasteiger partial charge in [0.2, 0.25) is 5.95 Å². The van der Waals surface area contributed by atoms with Crippen LogP contribution in [0.15, 0.2) is 36.4 Å². The summed E-state index contributed by atoms with van der Waals surface area (Å²) in [4.78, 5) is 11.0. The smallest absolute Gasteiger partial charge is 0.225 e. The maximum absolute atomic E-state index is 4.49. The van der Waals surface area contributed by atoms with Gasteiger partial charge < -0.3 is 15.5 Å². The van der Waals surface area contributed by atoms with Crippen LogP contribution in [0.4, 0.5) is 11.8 Å². The molecule has 0 aliphatic carbocycles. The zero-order valence-electron chi connectivity index (χ0n) is 12.9. The van der Waals surface area contributed by atoms with E-state index in [4.69, 9.17) is 0 Å². The Balaban J connectivity index is 1.94. The monoisotopic (exact) mass is 285 g/mol. The molecule has 0 saturated heterocycles. The van der Waals surface area contributed by atoms with Crippen LogP contribution in [-0.2, 0) is 6.54 Å². The summed E-state index contributed by atoms with van der Waals surface area (Å²) in [5.41, 5.74) is 2.16. The number of benzene rings is 1. The zero-order valence-corrected chi connectivity index (χ0v) is 12.9. The first-order chi connectivity index (χ1) is 10.1. The van der Waals surface area contributed by atoms with E-state index >= 15 is 0 Å². The largest absolute Gasteiger partial charge is 0.369 e. The molecule has 5 nitrogen and oxygen atoms in total. The van der Waals surface area contributed by atoms with E-state index in [2.05, 4.69) is 51.7 Å². The van der Waals surface area contributed by atoms with Crippen molar-refractivity contribution in [2.24, 2.45) is 0 Å². The van der Waals surface area contributed by atoms with E-state index in [-0.39, 0.29) is 0 Å². The van der Waals surface area contributed by atoms with Crippen molar-refractivity contribution in [3.05, 3.63) is 47.7 Å². The molecule has 21 heavy (non-hydrogen) atoms. The van der Waals surface area contributed by atoms with Crippen molar-refractivity contribution >= 4 is 11.8 Å². The number of likely N-dealkylation sites (N-methyl/N-ethyl adjacent to an activating group) is 1. The van der Waals surface area contributed by atoms with Crippen molar-refractivity contribution < 1.29 is 0 Å². The van der Waals surface area contributed by atoms with Crippen LogP contribution in [-0.4, -0.2) is 42.1 Å². The Hall–Kier alpha value is -2.14. The van der Waals surface area contributed by atoms with Crippen LogP contribution in [0.3, 0.4) is 0 Å². The van der Waals surface area contributed by atoms with Crippen molar-refractivity contribution in [1.82, 2.24) is 14.9 Å². The lowest BCUT2D eigenvalue weighted by Gasteiger charge is -2.12. The predicted molar refractivity (Wildman–Crippen MR) is 87.6 cm³/mol.